The van der Waals surface area contributed by atoms with Gasteiger partial charge in [-0.25, -0.2) is 0 Å². The summed E-state index contributed by atoms with van der Waals surface area (Å²) in [6.07, 6.45) is 1.67. The van der Waals surface area contributed by atoms with Gasteiger partial charge in [0, 0.05) is 32.1 Å². The van der Waals surface area contributed by atoms with Gasteiger partial charge in [0.15, 0.2) is 0 Å². The van der Waals surface area contributed by atoms with Crippen molar-refractivity contribution in [1.82, 2.24) is 15.1 Å². The topological polar surface area (TPSA) is 35.4 Å². The maximum atomic E-state index is 11.4. The predicted octanol–water partition coefficient (Wildman–Crippen LogP) is 0.149. The van der Waals surface area contributed by atoms with Crippen molar-refractivity contribution in [3.05, 3.63) is 0 Å². The van der Waals surface area contributed by atoms with E-state index in [-0.39, 0.29) is 5.91 Å². The second-order valence-electron chi connectivity index (χ2n) is 4.60. The molecule has 1 aliphatic rings. The van der Waals surface area contributed by atoms with Gasteiger partial charge in [-0.2, -0.15) is 0 Å². The van der Waals surface area contributed by atoms with Crippen LogP contribution in [-0.2, 0) is 4.79 Å². The van der Waals surface area contributed by atoms with E-state index in [1.807, 2.05) is 14.1 Å². The molecule has 1 heterocycles. The third-order valence-electron chi connectivity index (χ3n) is 2.72. The smallest absolute Gasteiger partial charge is 0.221 e. The summed E-state index contributed by atoms with van der Waals surface area (Å²) in [5, 5.41) is 2.94. The molecule has 88 valence electrons. The molecule has 2 unspecified atom stereocenters. The van der Waals surface area contributed by atoms with Gasteiger partial charge in [0.25, 0.3) is 0 Å². The molecule has 1 fully saturated rings. The Morgan fingerprint density at radius 2 is 2.20 bits per heavy atom. The first-order valence-electron chi connectivity index (χ1n) is 5.75. The van der Waals surface area contributed by atoms with E-state index in [0.29, 0.717) is 12.5 Å². The molecular weight excluding hydrogens is 190 g/mol. The van der Waals surface area contributed by atoms with E-state index in [1.54, 1.807) is 0 Å². The van der Waals surface area contributed by atoms with Crippen LogP contribution in [0, 0.1) is 0 Å². The second-order valence-corrected chi connectivity index (χ2v) is 4.60. The van der Waals surface area contributed by atoms with Gasteiger partial charge in [-0.15, -0.1) is 0 Å². The van der Waals surface area contributed by atoms with Gasteiger partial charge in [0.1, 0.15) is 0 Å². The summed E-state index contributed by atoms with van der Waals surface area (Å²) in [5.41, 5.74) is 0. The molecule has 0 radical (unpaired) electrons. The molecule has 1 rings (SSSR count). The molecule has 1 amide bonds. The van der Waals surface area contributed by atoms with Crippen LogP contribution >= 0.6 is 0 Å². The van der Waals surface area contributed by atoms with Crippen LogP contribution in [0.3, 0.4) is 0 Å². The Morgan fingerprint density at radius 3 is 2.73 bits per heavy atom. The largest absolute Gasteiger partial charge is 0.356 e. The molecule has 0 aromatic heterocycles. The predicted molar refractivity (Wildman–Crippen MR) is 61.8 cm³/mol. The van der Waals surface area contributed by atoms with E-state index in [2.05, 4.69) is 22.0 Å². The summed E-state index contributed by atoms with van der Waals surface area (Å²) in [4.78, 5) is 15.8. The van der Waals surface area contributed by atoms with Crippen LogP contribution in [0.5, 0.6) is 0 Å². The molecule has 0 aromatic carbocycles. The molecule has 4 heteroatoms. The fourth-order valence-electron chi connectivity index (χ4n) is 1.56. The van der Waals surface area contributed by atoms with Crippen molar-refractivity contribution in [1.29, 1.82) is 0 Å². The van der Waals surface area contributed by atoms with Crippen molar-refractivity contribution in [2.45, 2.75) is 25.8 Å². The maximum absolute atomic E-state index is 11.4. The third kappa shape index (κ3) is 5.74. The number of nitrogens with one attached hydrogen (secondary N) is 1. The molecule has 1 N–H and O–H groups in total. The monoisotopic (exact) mass is 213 g/mol. The molecule has 0 saturated carbocycles. The van der Waals surface area contributed by atoms with Crippen LogP contribution in [0.4, 0.5) is 0 Å². The minimum absolute atomic E-state index is 0.188. The lowest BCUT2D eigenvalue weighted by Crippen LogP contribution is -2.28. The molecule has 4 nitrogen and oxygen atoms in total. The number of carbonyl (C=O) groups is 1. The number of carbonyl (C=O) groups excluding carboxylic acids is 1. The zero-order valence-electron chi connectivity index (χ0n) is 10.1. The maximum Gasteiger partial charge on any atom is 0.221 e. The van der Waals surface area contributed by atoms with Gasteiger partial charge in [-0.05, 0) is 34.0 Å². The normalized spacial score (nSPS) is 24.3. The zero-order valence-corrected chi connectivity index (χ0v) is 10.1. The number of nitrogens with zero attached hydrogens (tertiary/aromatic N) is 2. The molecule has 0 aliphatic carbocycles. The van der Waals surface area contributed by atoms with Gasteiger partial charge in [0.2, 0.25) is 5.91 Å². The minimum Gasteiger partial charge on any atom is -0.356 e. The Bertz CT molecular complexity index is 206. The summed E-state index contributed by atoms with van der Waals surface area (Å²) < 4.78 is 0. The third-order valence-corrected chi connectivity index (χ3v) is 2.72. The van der Waals surface area contributed by atoms with Crippen LogP contribution in [0.1, 0.15) is 19.8 Å². The number of rotatable bonds is 7. The number of hydrogen-bond donors (Lipinski definition) is 1. The lowest BCUT2D eigenvalue weighted by Gasteiger charge is -2.09. The summed E-state index contributed by atoms with van der Waals surface area (Å²) in [6, 6.07) is 0.701. The average molecular weight is 213 g/mol. The molecule has 0 spiro atoms. The van der Waals surface area contributed by atoms with Crippen molar-refractivity contribution in [3.8, 4) is 0 Å². The second kappa shape index (κ2) is 6.08. The van der Waals surface area contributed by atoms with Crippen molar-refractivity contribution in [2.75, 3.05) is 40.3 Å². The fraction of sp³-hybridized carbons (Fsp3) is 0.909. The fourth-order valence-corrected chi connectivity index (χ4v) is 1.56. The van der Waals surface area contributed by atoms with E-state index in [9.17, 15) is 4.79 Å². The highest BCUT2D eigenvalue weighted by atomic mass is 16.1. The highest BCUT2D eigenvalue weighted by molar-refractivity contribution is 5.76. The van der Waals surface area contributed by atoms with Crippen molar-refractivity contribution >= 4 is 5.91 Å². The Morgan fingerprint density at radius 1 is 1.53 bits per heavy atom. The van der Waals surface area contributed by atoms with E-state index in [1.165, 1.54) is 0 Å². The van der Waals surface area contributed by atoms with Gasteiger partial charge >= 0.3 is 0 Å². The van der Waals surface area contributed by atoms with Crippen LogP contribution in [0.2, 0.25) is 0 Å². The van der Waals surface area contributed by atoms with E-state index in [0.717, 1.165) is 32.6 Å². The summed E-state index contributed by atoms with van der Waals surface area (Å²) >= 11 is 0. The van der Waals surface area contributed by atoms with Crippen LogP contribution in [0.15, 0.2) is 0 Å². The number of hydrogen-bond acceptors (Lipinski definition) is 3. The Labute approximate surface area is 92.6 Å². The summed E-state index contributed by atoms with van der Waals surface area (Å²) in [7, 11) is 4.09. The first-order valence-corrected chi connectivity index (χ1v) is 5.75. The summed E-state index contributed by atoms with van der Waals surface area (Å²) in [5.74, 6) is 0.188. The zero-order chi connectivity index (χ0) is 11.3. The number of amides is 1. The van der Waals surface area contributed by atoms with Crippen molar-refractivity contribution in [2.24, 2.45) is 0 Å². The lowest BCUT2D eigenvalue weighted by atomic mass is 10.3. The quantitative estimate of drug-likeness (QED) is 0.483. The van der Waals surface area contributed by atoms with Crippen molar-refractivity contribution < 1.29 is 4.79 Å². The van der Waals surface area contributed by atoms with E-state index in [4.69, 9.17) is 0 Å². The van der Waals surface area contributed by atoms with Crippen molar-refractivity contribution in [3.63, 3.8) is 0 Å². The van der Waals surface area contributed by atoms with Crippen LogP contribution < -0.4 is 5.32 Å². The SMILES string of the molecule is CC1CN1CCC(=O)NCCCN(C)C. The van der Waals surface area contributed by atoms with Gasteiger partial charge in [0.05, 0.1) is 0 Å². The van der Waals surface area contributed by atoms with Gasteiger partial charge in [-0.3, -0.25) is 9.69 Å². The standard InChI is InChI=1S/C11H23N3O/c1-10-9-14(10)8-5-11(15)12-6-4-7-13(2)3/h10H,4-9H2,1-3H3,(H,12,15). The van der Waals surface area contributed by atoms with Gasteiger partial charge < -0.3 is 10.2 Å². The first-order chi connectivity index (χ1) is 7.09. The molecule has 0 aromatic rings. The summed E-state index contributed by atoms with van der Waals surface area (Å²) in [6.45, 7) is 6.10. The average Bonchev–Trinajstić information content (AvgIpc) is 2.86. The highest BCUT2D eigenvalue weighted by Gasteiger charge is 2.28. The molecule has 2 atom stereocenters. The molecular formula is C11H23N3O. The van der Waals surface area contributed by atoms with Crippen LogP contribution in [0.25, 0.3) is 0 Å². The van der Waals surface area contributed by atoms with E-state index < -0.39 is 0 Å². The lowest BCUT2D eigenvalue weighted by molar-refractivity contribution is -0.121. The minimum atomic E-state index is 0.188. The van der Waals surface area contributed by atoms with E-state index >= 15 is 0 Å². The molecule has 1 aliphatic heterocycles. The molecule has 1 saturated heterocycles. The molecule has 0 bridgehead atoms. The molecule has 15 heavy (non-hydrogen) atoms. The van der Waals surface area contributed by atoms with Gasteiger partial charge in [-0.1, -0.05) is 0 Å². The highest BCUT2D eigenvalue weighted by Crippen LogP contribution is 2.15. The Balaban J connectivity index is 1.89. The Hall–Kier alpha value is -0.610. The van der Waals surface area contributed by atoms with Crippen LogP contribution in [-0.4, -0.2) is 62.0 Å². The first kappa shape index (κ1) is 12.5. The Kier molecular flexibility index (Phi) is 5.05.